The number of thiophene rings is 1. The molecular formula is C25H30N4O2S. The van der Waals surface area contributed by atoms with E-state index in [9.17, 15) is 9.59 Å². The summed E-state index contributed by atoms with van der Waals surface area (Å²) in [5.41, 5.74) is 4.18. The van der Waals surface area contributed by atoms with Crippen molar-refractivity contribution in [3.05, 3.63) is 55.9 Å². The van der Waals surface area contributed by atoms with Crippen molar-refractivity contribution >= 4 is 33.1 Å². The molecule has 32 heavy (non-hydrogen) atoms. The Morgan fingerprint density at radius 2 is 1.88 bits per heavy atom. The molecule has 0 atom stereocenters. The van der Waals surface area contributed by atoms with Crippen LogP contribution in [0.3, 0.4) is 0 Å². The fraction of sp³-hybridized carbons (Fsp3) is 0.480. The topological polar surface area (TPSA) is 67.2 Å². The summed E-state index contributed by atoms with van der Waals surface area (Å²) in [6, 6.07) is 5.88. The van der Waals surface area contributed by atoms with E-state index in [4.69, 9.17) is 4.98 Å². The number of amides is 1. The molecule has 1 amide bonds. The largest absolute Gasteiger partial charge is 0.325 e. The molecule has 7 heteroatoms. The van der Waals surface area contributed by atoms with Crippen molar-refractivity contribution in [1.29, 1.82) is 0 Å². The molecule has 5 rings (SSSR count). The first-order chi connectivity index (χ1) is 15.5. The van der Waals surface area contributed by atoms with Crippen molar-refractivity contribution in [2.24, 2.45) is 0 Å². The minimum absolute atomic E-state index is 0.0114. The van der Waals surface area contributed by atoms with Crippen LogP contribution in [-0.4, -0.2) is 33.4 Å². The van der Waals surface area contributed by atoms with Gasteiger partial charge in [0.1, 0.15) is 17.2 Å². The standard InChI is InChI=1S/C25H30N4O2S/c1-16-9-10-18(13-17(16)2)26-22(30)15-29-21(14-28-11-5-6-12-28)27-24-23(25(29)31)19-7-3-4-8-20(19)32-24/h9-10,13H,3-8,11-12,14-15H2,1-2H3,(H,26,30). The number of rotatable bonds is 5. The van der Waals surface area contributed by atoms with Gasteiger partial charge >= 0.3 is 0 Å². The van der Waals surface area contributed by atoms with Crippen LogP contribution in [0.4, 0.5) is 5.69 Å². The number of aryl methyl sites for hydroxylation is 4. The number of hydrogen-bond donors (Lipinski definition) is 1. The molecule has 0 unspecified atom stereocenters. The van der Waals surface area contributed by atoms with Crippen LogP contribution in [0.2, 0.25) is 0 Å². The monoisotopic (exact) mass is 450 g/mol. The molecule has 1 aromatic carbocycles. The van der Waals surface area contributed by atoms with Gasteiger partial charge in [-0.1, -0.05) is 6.07 Å². The maximum atomic E-state index is 13.7. The number of fused-ring (bicyclic) bond motifs is 3. The number of likely N-dealkylation sites (tertiary alicyclic amines) is 1. The lowest BCUT2D eigenvalue weighted by atomic mass is 9.97. The van der Waals surface area contributed by atoms with E-state index in [1.165, 1.54) is 35.3 Å². The highest BCUT2D eigenvalue weighted by Gasteiger charge is 2.24. The number of anilines is 1. The van der Waals surface area contributed by atoms with Crippen molar-refractivity contribution in [2.45, 2.75) is 65.5 Å². The summed E-state index contributed by atoms with van der Waals surface area (Å²) in [5, 5.41) is 3.72. The van der Waals surface area contributed by atoms with Crippen LogP contribution >= 0.6 is 11.3 Å². The molecule has 168 valence electrons. The summed E-state index contributed by atoms with van der Waals surface area (Å²) in [4.78, 5) is 36.1. The van der Waals surface area contributed by atoms with Crippen LogP contribution in [0.25, 0.3) is 10.2 Å². The predicted molar refractivity (Wildman–Crippen MR) is 130 cm³/mol. The zero-order valence-electron chi connectivity index (χ0n) is 18.9. The van der Waals surface area contributed by atoms with E-state index in [-0.39, 0.29) is 18.0 Å². The van der Waals surface area contributed by atoms with Gasteiger partial charge < -0.3 is 5.32 Å². The molecule has 1 fully saturated rings. The summed E-state index contributed by atoms with van der Waals surface area (Å²) in [6.07, 6.45) is 6.60. The Balaban J connectivity index is 1.51. The zero-order valence-corrected chi connectivity index (χ0v) is 19.7. The quantitative estimate of drug-likeness (QED) is 0.633. The van der Waals surface area contributed by atoms with E-state index >= 15 is 0 Å². The van der Waals surface area contributed by atoms with Crippen LogP contribution in [0.15, 0.2) is 23.0 Å². The Morgan fingerprint density at radius 1 is 1.09 bits per heavy atom. The fourth-order valence-corrected chi connectivity index (χ4v) is 6.14. The van der Waals surface area contributed by atoms with E-state index < -0.39 is 0 Å². The Bertz CT molecular complexity index is 1240. The van der Waals surface area contributed by atoms with Crippen LogP contribution in [0.1, 0.15) is 53.1 Å². The summed E-state index contributed by atoms with van der Waals surface area (Å²) in [7, 11) is 0. The lowest BCUT2D eigenvalue weighted by Gasteiger charge is -2.18. The highest BCUT2D eigenvalue weighted by atomic mass is 32.1. The lowest BCUT2D eigenvalue weighted by Crippen LogP contribution is -2.33. The first-order valence-corrected chi connectivity index (χ1v) is 12.4. The first-order valence-electron chi connectivity index (χ1n) is 11.6. The van der Waals surface area contributed by atoms with Crippen LogP contribution in [-0.2, 0) is 30.7 Å². The zero-order chi connectivity index (χ0) is 22.2. The predicted octanol–water partition coefficient (Wildman–Crippen LogP) is 4.19. The molecule has 2 aromatic heterocycles. The van der Waals surface area contributed by atoms with Crippen molar-refractivity contribution in [1.82, 2.24) is 14.5 Å². The van der Waals surface area contributed by atoms with Gasteiger partial charge in [0.15, 0.2) is 0 Å². The highest BCUT2D eigenvalue weighted by Crippen LogP contribution is 2.34. The highest BCUT2D eigenvalue weighted by molar-refractivity contribution is 7.18. The lowest BCUT2D eigenvalue weighted by molar-refractivity contribution is -0.116. The minimum atomic E-state index is -0.191. The maximum absolute atomic E-state index is 13.7. The van der Waals surface area contributed by atoms with Crippen LogP contribution in [0.5, 0.6) is 0 Å². The summed E-state index contributed by atoms with van der Waals surface area (Å²) in [6.45, 7) is 6.72. The number of nitrogens with one attached hydrogen (secondary N) is 1. The molecular weight excluding hydrogens is 420 g/mol. The fourth-order valence-electron chi connectivity index (χ4n) is 4.87. The second-order valence-electron chi connectivity index (χ2n) is 9.14. The van der Waals surface area contributed by atoms with Crippen molar-refractivity contribution in [2.75, 3.05) is 18.4 Å². The van der Waals surface area contributed by atoms with E-state index in [0.29, 0.717) is 12.4 Å². The summed E-state index contributed by atoms with van der Waals surface area (Å²) >= 11 is 1.68. The Hall–Kier alpha value is -2.51. The van der Waals surface area contributed by atoms with E-state index in [0.717, 1.165) is 53.8 Å². The van der Waals surface area contributed by atoms with Gasteiger partial charge in [0.2, 0.25) is 5.91 Å². The van der Waals surface area contributed by atoms with Gasteiger partial charge in [-0.15, -0.1) is 11.3 Å². The number of carbonyl (C=O) groups is 1. The van der Waals surface area contributed by atoms with E-state index in [1.54, 1.807) is 15.9 Å². The van der Waals surface area contributed by atoms with Crippen LogP contribution in [0, 0.1) is 13.8 Å². The molecule has 0 bridgehead atoms. The maximum Gasteiger partial charge on any atom is 0.263 e. The second kappa shape index (κ2) is 8.79. The first kappa shape index (κ1) is 21.3. The number of nitrogens with zero attached hydrogens (tertiary/aromatic N) is 3. The van der Waals surface area contributed by atoms with Gasteiger partial charge in [0.05, 0.1) is 11.9 Å². The van der Waals surface area contributed by atoms with Gasteiger partial charge in [0, 0.05) is 10.6 Å². The van der Waals surface area contributed by atoms with Gasteiger partial charge in [-0.3, -0.25) is 19.1 Å². The van der Waals surface area contributed by atoms with Crippen molar-refractivity contribution in [3.8, 4) is 0 Å². The molecule has 1 aliphatic carbocycles. The molecule has 6 nitrogen and oxygen atoms in total. The Kier molecular flexibility index (Phi) is 5.86. The molecule has 2 aliphatic rings. The number of carbonyl (C=O) groups excluding carboxylic acids is 1. The van der Waals surface area contributed by atoms with Gasteiger partial charge in [-0.25, -0.2) is 4.98 Å². The minimum Gasteiger partial charge on any atom is -0.325 e. The molecule has 3 heterocycles. The number of aromatic nitrogens is 2. The Labute approximate surface area is 192 Å². The SMILES string of the molecule is Cc1ccc(NC(=O)Cn2c(CN3CCCC3)nc3sc4c(c3c2=O)CCCC4)cc1C. The van der Waals surface area contributed by atoms with E-state index in [1.807, 2.05) is 32.0 Å². The third-order valence-corrected chi connectivity index (χ3v) is 8.00. The van der Waals surface area contributed by atoms with Crippen molar-refractivity contribution < 1.29 is 4.79 Å². The van der Waals surface area contributed by atoms with E-state index in [2.05, 4.69) is 10.2 Å². The molecule has 1 N–H and O–H groups in total. The van der Waals surface area contributed by atoms with Gasteiger partial charge in [-0.2, -0.15) is 0 Å². The molecule has 0 radical (unpaired) electrons. The normalized spacial score (nSPS) is 16.4. The average Bonchev–Trinajstić information content (AvgIpc) is 3.41. The molecule has 1 saturated heterocycles. The number of benzene rings is 1. The summed E-state index contributed by atoms with van der Waals surface area (Å²) in [5.74, 6) is 0.515. The molecule has 0 spiro atoms. The van der Waals surface area contributed by atoms with Gasteiger partial charge in [-0.05, 0) is 94.3 Å². The Morgan fingerprint density at radius 3 is 2.66 bits per heavy atom. The molecule has 3 aromatic rings. The molecule has 0 saturated carbocycles. The average molecular weight is 451 g/mol. The smallest absolute Gasteiger partial charge is 0.263 e. The summed E-state index contributed by atoms with van der Waals surface area (Å²) < 4.78 is 1.62. The number of hydrogen-bond acceptors (Lipinski definition) is 5. The third-order valence-electron chi connectivity index (χ3n) is 6.81. The third kappa shape index (κ3) is 4.11. The second-order valence-corrected chi connectivity index (χ2v) is 10.2. The molecule has 1 aliphatic heterocycles. The van der Waals surface area contributed by atoms with Gasteiger partial charge in [0.25, 0.3) is 5.56 Å². The van der Waals surface area contributed by atoms with Crippen LogP contribution < -0.4 is 10.9 Å². The van der Waals surface area contributed by atoms with Crippen molar-refractivity contribution in [3.63, 3.8) is 0 Å².